The van der Waals surface area contributed by atoms with Gasteiger partial charge in [-0.3, -0.25) is 9.48 Å². The van der Waals surface area contributed by atoms with Crippen LogP contribution in [0.2, 0.25) is 0 Å². The van der Waals surface area contributed by atoms with Gasteiger partial charge in [0.15, 0.2) is 0 Å². The van der Waals surface area contributed by atoms with Gasteiger partial charge in [-0.25, -0.2) is 0 Å². The molecule has 1 aliphatic heterocycles. The number of benzene rings is 1. The van der Waals surface area contributed by atoms with Crippen LogP contribution in [0.4, 0.5) is 0 Å². The van der Waals surface area contributed by atoms with E-state index < -0.39 is 0 Å². The van der Waals surface area contributed by atoms with E-state index in [4.69, 9.17) is 4.74 Å². The van der Waals surface area contributed by atoms with Crippen molar-refractivity contribution in [2.75, 3.05) is 13.2 Å². The molecule has 1 saturated heterocycles. The number of amides is 1. The lowest BCUT2D eigenvalue weighted by atomic mass is 9.58. The summed E-state index contributed by atoms with van der Waals surface area (Å²) in [5, 5.41) is 17.7. The normalized spacial score (nSPS) is 24.7. The van der Waals surface area contributed by atoms with E-state index in [2.05, 4.69) is 10.4 Å². The minimum atomic E-state index is -0.350. The fourth-order valence-corrected chi connectivity index (χ4v) is 3.97. The van der Waals surface area contributed by atoms with Crippen LogP contribution in [0.5, 0.6) is 0 Å². The van der Waals surface area contributed by atoms with Gasteiger partial charge in [0.2, 0.25) is 0 Å². The monoisotopic (exact) mass is 341 g/mol. The first-order valence-electron chi connectivity index (χ1n) is 8.81. The number of aromatic nitrogens is 2. The fourth-order valence-electron chi connectivity index (χ4n) is 3.97. The molecule has 2 atom stereocenters. The van der Waals surface area contributed by atoms with Gasteiger partial charge in [0.1, 0.15) is 5.69 Å². The van der Waals surface area contributed by atoms with E-state index in [1.54, 1.807) is 10.7 Å². The number of rotatable bonds is 4. The predicted octanol–water partition coefficient (Wildman–Crippen LogP) is 1.59. The van der Waals surface area contributed by atoms with Crippen molar-refractivity contribution in [3.05, 3.63) is 53.9 Å². The first kappa shape index (κ1) is 16.3. The molecule has 2 N–H and O–H groups in total. The van der Waals surface area contributed by atoms with Crippen LogP contribution in [0, 0.1) is 5.41 Å². The smallest absolute Gasteiger partial charge is 0.272 e. The third-order valence-corrected chi connectivity index (χ3v) is 5.61. The maximum absolute atomic E-state index is 12.5. The number of hydrogen-bond donors (Lipinski definition) is 2. The van der Waals surface area contributed by atoms with Gasteiger partial charge in [-0.2, -0.15) is 5.10 Å². The van der Waals surface area contributed by atoms with Crippen molar-refractivity contribution in [3.8, 4) is 0 Å². The van der Waals surface area contributed by atoms with E-state index in [0.717, 1.165) is 18.4 Å². The second kappa shape index (κ2) is 6.61. The Labute approximate surface area is 146 Å². The Morgan fingerprint density at radius 1 is 1.28 bits per heavy atom. The molecule has 6 nitrogen and oxygen atoms in total. The van der Waals surface area contributed by atoms with Crippen LogP contribution in [0.25, 0.3) is 0 Å². The molecule has 25 heavy (non-hydrogen) atoms. The zero-order valence-electron chi connectivity index (χ0n) is 14.1. The van der Waals surface area contributed by atoms with Gasteiger partial charge < -0.3 is 15.2 Å². The van der Waals surface area contributed by atoms with Gasteiger partial charge in [0, 0.05) is 30.9 Å². The Morgan fingerprint density at radius 3 is 2.76 bits per heavy atom. The molecule has 1 aromatic heterocycles. The highest BCUT2D eigenvalue weighted by Gasteiger charge is 2.55. The van der Waals surface area contributed by atoms with Gasteiger partial charge in [0.05, 0.1) is 12.6 Å². The lowest BCUT2D eigenvalue weighted by molar-refractivity contribution is -0.145. The van der Waals surface area contributed by atoms with Crippen molar-refractivity contribution in [3.63, 3.8) is 0 Å². The van der Waals surface area contributed by atoms with Crippen LogP contribution in [0.1, 0.15) is 35.3 Å². The first-order valence-corrected chi connectivity index (χ1v) is 8.81. The Hall–Kier alpha value is -2.18. The van der Waals surface area contributed by atoms with Crippen molar-refractivity contribution >= 4 is 5.91 Å². The Morgan fingerprint density at radius 2 is 2.04 bits per heavy atom. The summed E-state index contributed by atoms with van der Waals surface area (Å²) in [4.78, 5) is 12.5. The zero-order valence-corrected chi connectivity index (χ0v) is 14.1. The largest absolute Gasteiger partial charge is 0.392 e. The maximum atomic E-state index is 12.5. The average Bonchev–Trinajstić information content (AvgIpc) is 3.11. The highest BCUT2D eigenvalue weighted by molar-refractivity contribution is 5.92. The second-order valence-corrected chi connectivity index (χ2v) is 7.01. The summed E-state index contributed by atoms with van der Waals surface area (Å²) in [6.45, 7) is 1.93. The molecular formula is C19H23N3O3. The SMILES string of the molecule is O=C(N[C@@H]1C[C@@H](O)C12CCOCC2)c1ccn(Cc2ccccc2)n1. The Bertz CT molecular complexity index is 737. The summed E-state index contributed by atoms with van der Waals surface area (Å²) in [5.41, 5.74) is 1.33. The number of nitrogens with one attached hydrogen (secondary N) is 1. The van der Waals surface area contributed by atoms with E-state index in [0.29, 0.717) is 31.9 Å². The standard InChI is InChI=1S/C19H23N3O3/c23-17-12-16(19(17)7-10-25-11-8-19)20-18(24)15-6-9-22(21-15)13-14-4-2-1-3-5-14/h1-6,9,16-17,23H,7-8,10-13H2,(H,20,24)/t16-,17-/m1/s1. The minimum absolute atomic E-state index is 0.00169. The summed E-state index contributed by atoms with van der Waals surface area (Å²) < 4.78 is 7.18. The number of aliphatic hydroxyl groups excluding tert-OH is 1. The van der Waals surface area contributed by atoms with Gasteiger partial charge in [-0.15, -0.1) is 0 Å². The quantitative estimate of drug-likeness (QED) is 0.885. The molecule has 1 aliphatic carbocycles. The third kappa shape index (κ3) is 3.07. The van der Waals surface area contributed by atoms with Gasteiger partial charge in [-0.05, 0) is 30.9 Å². The number of nitrogens with zero attached hydrogens (tertiary/aromatic N) is 2. The lowest BCUT2D eigenvalue weighted by Crippen LogP contribution is -2.65. The Kier molecular flexibility index (Phi) is 4.31. The zero-order chi connectivity index (χ0) is 17.3. The van der Waals surface area contributed by atoms with Crippen molar-refractivity contribution in [2.24, 2.45) is 5.41 Å². The number of carbonyl (C=O) groups is 1. The molecular weight excluding hydrogens is 318 g/mol. The number of ether oxygens (including phenoxy) is 1. The summed E-state index contributed by atoms with van der Waals surface area (Å²) in [5.74, 6) is -0.172. The van der Waals surface area contributed by atoms with Crippen LogP contribution < -0.4 is 5.32 Å². The highest BCUT2D eigenvalue weighted by Crippen LogP contribution is 2.48. The summed E-state index contributed by atoms with van der Waals surface area (Å²) in [6, 6.07) is 11.8. The molecule has 6 heteroatoms. The predicted molar refractivity (Wildman–Crippen MR) is 92.1 cm³/mol. The molecule has 1 aromatic carbocycles. The van der Waals surface area contributed by atoms with Gasteiger partial charge >= 0.3 is 0 Å². The van der Waals surface area contributed by atoms with Crippen molar-refractivity contribution < 1.29 is 14.6 Å². The highest BCUT2D eigenvalue weighted by atomic mass is 16.5. The summed E-state index contributed by atoms with van der Waals surface area (Å²) >= 11 is 0. The van der Waals surface area contributed by atoms with E-state index in [9.17, 15) is 9.90 Å². The van der Waals surface area contributed by atoms with Crippen LogP contribution in [-0.4, -0.2) is 46.2 Å². The molecule has 0 radical (unpaired) electrons. The second-order valence-electron chi connectivity index (χ2n) is 7.01. The maximum Gasteiger partial charge on any atom is 0.272 e. The van der Waals surface area contributed by atoms with Crippen LogP contribution in [0.3, 0.4) is 0 Å². The third-order valence-electron chi connectivity index (χ3n) is 5.61. The van der Waals surface area contributed by atoms with Crippen molar-refractivity contribution in [2.45, 2.75) is 38.0 Å². The molecule has 1 spiro atoms. The van der Waals surface area contributed by atoms with E-state index in [1.807, 2.05) is 36.5 Å². The average molecular weight is 341 g/mol. The molecule has 4 rings (SSSR count). The van der Waals surface area contributed by atoms with E-state index in [1.165, 1.54) is 0 Å². The molecule has 0 bridgehead atoms. The number of aliphatic hydroxyl groups is 1. The van der Waals surface area contributed by atoms with Gasteiger partial charge in [-0.1, -0.05) is 30.3 Å². The van der Waals surface area contributed by atoms with Gasteiger partial charge in [0.25, 0.3) is 5.91 Å². The molecule has 1 saturated carbocycles. The minimum Gasteiger partial charge on any atom is -0.392 e. The number of hydrogen-bond acceptors (Lipinski definition) is 4. The van der Waals surface area contributed by atoms with E-state index in [-0.39, 0.29) is 23.5 Å². The molecule has 2 heterocycles. The summed E-state index contributed by atoms with van der Waals surface area (Å²) in [6.07, 6.45) is 3.67. The molecule has 0 unspecified atom stereocenters. The van der Waals surface area contributed by atoms with E-state index >= 15 is 0 Å². The fraction of sp³-hybridized carbons (Fsp3) is 0.474. The molecule has 2 aromatic rings. The molecule has 1 amide bonds. The van der Waals surface area contributed by atoms with Crippen molar-refractivity contribution in [1.82, 2.24) is 15.1 Å². The number of carbonyl (C=O) groups excluding carboxylic acids is 1. The molecule has 2 aliphatic rings. The molecule has 2 fully saturated rings. The summed E-state index contributed by atoms with van der Waals surface area (Å²) in [7, 11) is 0. The molecule has 132 valence electrons. The van der Waals surface area contributed by atoms with Crippen LogP contribution >= 0.6 is 0 Å². The Balaban J connectivity index is 1.40. The van der Waals surface area contributed by atoms with Crippen LogP contribution in [0.15, 0.2) is 42.6 Å². The first-order chi connectivity index (χ1) is 12.2. The lowest BCUT2D eigenvalue weighted by Gasteiger charge is -2.55. The van der Waals surface area contributed by atoms with Crippen LogP contribution in [-0.2, 0) is 11.3 Å². The topological polar surface area (TPSA) is 76.4 Å². The van der Waals surface area contributed by atoms with Crippen molar-refractivity contribution in [1.29, 1.82) is 0 Å².